The molecule has 218 valence electrons. The Morgan fingerprint density at radius 1 is 0.404 bits per heavy atom. The van der Waals surface area contributed by atoms with Crippen molar-refractivity contribution >= 4 is 10.8 Å². The lowest BCUT2D eigenvalue weighted by Crippen LogP contribution is -2.26. The third kappa shape index (κ3) is 3.64. The summed E-state index contributed by atoms with van der Waals surface area (Å²) in [5.74, 6) is 1.93. The molecular weight excluding hydrogens is 573 g/mol. The van der Waals surface area contributed by atoms with Crippen molar-refractivity contribution in [3.63, 3.8) is 0 Å². The molecule has 0 saturated heterocycles. The summed E-state index contributed by atoms with van der Waals surface area (Å²) in [7, 11) is 0. The standard InChI is InChI=1S/C43H26N4/c1-3-13-27(14-4-1)40-45-41(28-15-5-2-6-16-28)47-42(46-40)29-23-24-31-30(25-29)26-44-39-34-19-9-12-22-37(34)43(38(31)39)35-20-10-7-17-32(35)33-18-8-11-21-36(33)43/h1-26H. The Kier molecular flexibility index (Phi) is 5.46. The number of aromatic nitrogens is 4. The zero-order valence-corrected chi connectivity index (χ0v) is 25.3. The van der Waals surface area contributed by atoms with E-state index in [0.717, 1.165) is 27.8 Å². The fraction of sp³-hybridized carbons (Fsp3) is 0.0233. The summed E-state index contributed by atoms with van der Waals surface area (Å²) in [5, 5.41) is 2.24. The number of nitrogens with zero attached hydrogens (tertiary/aromatic N) is 4. The van der Waals surface area contributed by atoms with Gasteiger partial charge < -0.3 is 0 Å². The first kappa shape index (κ1) is 26.0. The highest BCUT2D eigenvalue weighted by Gasteiger charge is 2.52. The van der Waals surface area contributed by atoms with E-state index in [9.17, 15) is 0 Å². The zero-order valence-electron chi connectivity index (χ0n) is 25.3. The van der Waals surface area contributed by atoms with Gasteiger partial charge in [0.05, 0.1) is 11.1 Å². The molecule has 4 nitrogen and oxygen atoms in total. The third-order valence-corrected chi connectivity index (χ3v) is 9.76. The number of benzene rings is 6. The molecule has 1 spiro atoms. The predicted octanol–water partition coefficient (Wildman–Crippen LogP) is 9.76. The second-order valence-corrected chi connectivity index (χ2v) is 12.2. The molecule has 0 saturated carbocycles. The number of rotatable bonds is 3. The van der Waals surface area contributed by atoms with Gasteiger partial charge in [-0.1, -0.05) is 146 Å². The lowest BCUT2D eigenvalue weighted by Gasteiger charge is -2.31. The van der Waals surface area contributed by atoms with E-state index in [1.807, 2.05) is 66.9 Å². The maximum absolute atomic E-state index is 5.21. The first-order valence-corrected chi connectivity index (χ1v) is 15.9. The second-order valence-electron chi connectivity index (χ2n) is 12.2. The van der Waals surface area contributed by atoms with Gasteiger partial charge in [-0.25, -0.2) is 15.0 Å². The van der Waals surface area contributed by atoms with Crippen molar-refractivity contribution in [2.24, 2.45) is 0 Å². The van der Waals surface area contributed by atoms with Crippen molar-refractivity contribution < 1.29 is 0 Å². The van der Waals surface area contributed by atoms with Crippen LogP contribution in [0.1, 0.15) is 22.3 Å². The van der Waals surface area contributed by atoms with Gasteiger partial charge in [-0.3, -0.25) is 4.98 Å². The molecule has 47 heavy (non-hydrogen) atoms. The van der Waals surface area contributed by atoms with Crippen molar-refractivity contribution in [2.75, 3.05) is 0 Å². The molecule has 4 heteroatoms. The van der Waals surface area contributed by atoms with Gasteiger partial charge in [0.1, 0.15) is 0 Å². The fourth-order valence-electron chi connectivity index (χ4n) is 7.83. The summed E-state index contributed by atoms with van der Waals surface area (Å²) in [6, 6.07) is 53.3. The van der Waals surface area contributed by atoms with E-state index >= 15 is 0 Å². The molecule has 2 aliphatic carbocycles. The largest absolute Gasteiger partial charge is 0.255 e. The SMILES string of the molecule is c1ccc(-c2nc(-c3ccccc3)nc(-c3ccc4c5c(ncc4c3)-c3ccccc3C53c4ccccc4-c4ccccc43)n2)cc1. The average molecular weight is 599 g/mol. The van der Waals surface area contributed by atoms with Crippen molar-refractivity contribution in [3.8, 4) is 56.5 Å². The molecule has 2 aliphatic rings. The van der Waals surface area contributed by atoms with Crippen LogP contribution in [0, 0.1) is 0 Å². The summed E-state index contributed by atoms with van der Waals surface area (Å²) >= 11 is 0. The van der Waals surface area contributed by atoms with Gasteiger partial charge in [-0.15, -0.1) is 0 Å². The van der Waals surface area contributed by atoms with Crippen molar-refractivity contribution in [2.45, 2.75) is 5.41 Å². The Hall–Kier alpha value is -6.26. The Balaban J connectivity index is 1.23. The number of hydrogen-bond acceptors (Lipinski definition) is 4. The Labute approximate surface area is 272 Å². The van der Waals surface area contributed by atoms with E-state index in [0.29, 0.717) is 17.5 Å². The minimum Gasteiger partial charge on any atom is -0.255 e. The predicted molar refractivity (Wildman–Crippen MR) is 188 cm³/mol. The number of fused-ring (bicyclic) bond motifs is 12. The van der Waals surface area contributed by atoms with Crippen molar-refractivity contribution in [1.82, 2.24) is 19.9 Å². The van der Waals surface area contributed by atoms with Gasteiger partial charge in [-0.2, -0.15) is 0 Å². The lowest BCUT2D eigenvalue weighted by molar-refractivity contribution is 0.799. The molecule has 6 aromatic carbocycles. The summed E-state index contributed by atoms with van der Waals surface area (Å²) in [6.45, 7) is 0. The van der Waals surface area contributed by atoms with Crippen LogP contribution in [0.15, 0.2) is 158 Å². The number of hydrogen-bond donors (Lipinski definition) is 0. The van der Waals surface area contributed by atoms with Crippen molar-refractivity contribution in [3.05, 3.63) is 180 Å². The van der Waals surface area contributed by atoms with E-state index in [-0.39, 0.29) is 0 Å². The van der Waals surface area contributed by atoms with Gasteiger partial charge >= 0.3 is 0 Å². The summed E-state index contributed by atoms with van der Waals surface area (Å²) in [4.78, 5) is 20.1. The van der Waals surface area contributed by atoms with E-state index in [4.69, 9.17) is 19.9 Å². The van der Waals surface area contributed by atoms with Crippen LogP contribution in [0.5, 0.6) is 0 Å². The topological polar surface area (TPSA) is 51.6 Å². The van der Waals surface area contributed by atoms with E-state index < -0.39 is 5.41 Å². The highest BCUT2D eigenvalue weighted by molar-refractivity contribution is 6.03. The zero-order chi connectivity index (χ0) is 31.0. The highest BCUT2D eigenvalue weighted by Crippen LogP contribution is 2.63. The van der Waals surface area contributed by atoms with Gasteiger partial charge in [0.2, 0.25) is 0 Å². The van der Waals surface area contributed by atoms with Crippen LogP contribution in [-0.2, 0) is 5.41 Å². The van der Waals surface area contributed by atoms with Crippen LogP contribution in [-0.4, -0.2) is 19.9 Å². The lowest BCUT2D eigenvalue weighted by atomic mass is 9.69. The Morgan fingerprint density at radius 2 is 0.872 bits per heavy atom. The third-order valence-electron chi connectivity index (χ3n) is 9.76. The normalized spacial score (nSPS) is 13.3. The average Bonchev–Trinajstić information content (AvgIpc) is 3.63. The van der Waals surface area contributed by atoms with Gasteiger partial charge in [0.15, 0.2) is 17.5 Å². The molecule has 2 heterocycles. The first-order valence-electron chi connectivity index (χ1n) is 15.9. The number of pyridine rings is 1. The smallest absolute Gasteiger partial charge is 0.164 e. The first-order chi connectivity index (χ1) is 23.3. The van der Waals surface area contributed by atoms with Gasteiger partial charge in [0, 0.05) is 39.4 Å². The highest BCUT2D eigenvalue weighted by atomic mass is 15.0. The second kappa shape index (κ2) is 9.87. The van der Waals surface area contributed by atoms with Crippen LogP contribution in [0.3, 0.4) is 0 Å². The molecule has 0 N–H and O–H groups in total. The molecule has 2 aromatic heterocycles. The van der Waals surface area contributed by atoms with Crippen LogP contribution >= 0.6 is 0 Å². The molecule has 0 amide bonds. The molecule has 0 unspecified atom stereocenters. The Morgan fingerprint density at radius 3 is 1.45 bits per heavy atom. The van der Waals surface area contributed by atoms with Crippen LogP contribution in [0.25, 0.3) is 67.3 Å². The van der Waals surface area contributed by atoms with Gasteiger partial charge in [0.25, 0.3) is 0 Å². The van der Waals surface area contributed by atoms with Crippen molar-refractivity contribution in [1.29, 1.82) is 0 Å². The molecule has 0 fully saturated rings. The Bertz CT molecular complexity index is 2400. The molecule has 0 radical (unpaired) electrons. The maximum atomic E-state index is 5.21. The maximum Gasteiger partial charge on any atom is 0.164 e. The molecule has 8 aromatic rings. The monoisotopic (exact) mass is 598 g/mol. The molecular formula is C43H26N4. The van der Waals surface area contributed by atoms with Crippen LogP contribution < -0.4 is 0 Å². The van der Waals surface area contributed by atoms with E-state index in [1.54, 1.807) is 0 Å². The fourth-order valence-corrected chi connectivity index (χ4v) is 7.83. The van der Waals surface area contributed by atoms with Crippen LogP contribution in [0.4, 0.5) is 0 Å². The summed E-state index contributed by atoms with van der Waals surface area (Å²) in [6.07, 6.45) is 2.01. The minimum absolute atomic E-state index is 0.457. The summed E-state index contributed by atoms with van der Waals surface area (Å²) in [5.41, 5.74) is 12.3. The van der Waals surface area contributed by atoms with Gasteiger partial charge in [-0.05, 0) is 39.3 Å². The molecule has 10 rings (SSSR count). The minimum atomic E-state index is -0.457. The molecule has 0 aliphatic heterocycles. The summed E-state index contributed by atoms with van der Waals surface area (Å²) < 4.78 is 0. The van der Waals surface area contributed by atoms with E-state index in [2.05, 4.69) is 91.0 Å². The molecule has 0 atom stereocenters. The van der Waals surface area contributed by atoms with Crippen LogP contribution in [0.2, 0.25) is 0 Å². The quantitative estimate of drug-likeness (QED) is 0.203. The van der Waals surface area contributed by atoms with E-state index in [1.165, 1.54) is 44.3 Å². The molecule has 0 bridgehead atoms.